The van der Waals surface area contributed by atoms with Crippen molar-refractivity contribution < 1.29 is 4.79 Å². The topological polar surface area (TPSA) is 72.1 Å². The van der Waals surface area contributed by atoms with Gasteiger partial charge in [-0.2, -0.15) is 0 Å². The number of carbonyl (C=O) groups is 1. The van der Waals surface area contributed by atoms with E-state index in [-0.39, 0.29) is 11.9 Å². The number of fused-ring (bicyclic) bond motifs is 2. The van der Waals surface area contributed by atoms with Crippen LogP contribution in [0.5, 0.6) is 0 Å². The number of rotatable bonds is 1. The second-order valence-corrected chi connectivity index (χ2v) is 7.28. The maximum absolute atomic E-state index is 13.1. The van der Waals surface area contributed by atoms with Gasteiger partial charge in [-0.05, 0) is 57.3 Å². The van der Waals surface area contributed by atoms with E-state index in [4.69, 9.17) is 5.73 Å². The molecular weight excluding hydrogens is 288 g/mol. The zero-order valence-corrected chi connectivity index (χ0v) is 13.7. The number of nitrogens with zero attached hydrogens (tertiary/aromatic N) is 3. The summed E-state index contributed by atoms with van der Waals surface area (Å²) in [6.07, 6.45) is 8.60. The van der Waals surface area contributed by atoms with Gasteiger partial charge in [0, 0.05) is 24.3 Å². The Morgan fingerprint density at radius 1 is 1.22 bits per heavy atom. The smallest absolute Gasteiger partial charge is 0.272 e. The fourth-order valence-corrected chi connectivity index (χ4v) is 4.39. The Bertz CT molecular complexity index is 682. The van der Waals surface area contributed by atoms with Crippen molar-refractivity contribution in [1.82, 2.24) is 14.9 Å². The molecule has 5 heteroatoms. The van der Waals surface area contributed by atoms with Gasteiger partial charge in [-0.1, -0.05) is 11.6 Å². The fraction of sp³-hybridized carbons (Fsp3) is 0.611. The molecule has 23 heavy (non-hydrogen) atoms. The monoisotopic (exact) mass is 312 g/mol. The maximum atomic E-state index is 13.1. The van der Waals surface area contributed by atoms with Gasteiger partial charge in [-0.25, -0.2) is 9.97 Å². The molecule has 5 nitrogen and oxygen atoms in total. The van der Waals surface area contributed by atoms with Crippen LogP contribution in [0.3, 0.4) is 0 Å². The summed E-state index contributed by atoms with van der Waals surface area (Å²) in [4.78, 5) is 23.7. The lowest BCUT2D eigenvalue weighted by atomic mass is 9.83. The van der Waals surface area contributed by atoms with E-state index in [2.05, 4.69) is 23.0 Å². The van der Waals surface area contributed by atoms with Crippen LogP contribution in [0.2, 0.25) is 0 Å². The zero-order valence-electron chi connectivity index (χ0n) is 13.7. The van der Waals surface area contributed by atoms with Gasteiger partial charge in [0.25, 0.3) is 5.91 Å². The van der Waals surface area contributed by atoms with E-state index in [1.54, 1.807) is 0 Å². The number of nitrogen functional groups attached to an aromatic ring is 1. The molecule has 4 rings (SSSR count). The highest BCUT2D eigenvalue weighted by Crippen LogP contribution is 2.36. The second kappa shape index (κ2) is 5.62. The van der Waals surface area contributed by atoms with E-state index in [0.717, 1.165) is 62.9 Å². The Morgan fingerprint density at radius 2 is 2.00 bits per heavy atom. The third-order valence-corrected chi connectivity index (χ3v) is 5.62. The lowest BCUT2D eigenvalue weighted by Gasteiger charge is -2.21. The third-order valence-electron chi connectivity index (χ3n) is 5.62. The predicted octanol–water partition coefficient (Wildman–Crippen LogP) is 2.37. The largest absolute Gasteiger partial charge is 0.368 e. The molecule has 2 atom stereocenters. The minimum Gasteiger partial charge on any atom is -0.368 e. The summed E-state index contributed by atoms with van der Waals surface area (Å²) in [5, 5.41) is 0. The van der Waals surface area contributed by atoms with Crippen molar-refractivity contribution in [3.05, 3.63) is 28.6 Å². The number of aryl methyl sites for hydroxylation is 1. The highest BCUT2D eigenvalue weighted by Gasteiger charge is 2.37. The van der Waals surface area contributed by atoms with E-state index in [1.165, 1.54) is 5.57 Å². The van der Waals surface area contributed by atoms with Gasteiger partial charge in [0.1, 0.15) is 5.69 Å². The Morgan fingerprint density at radius 3 is 2.87 bits per heavy atom. The van der Waals surface area contributed by atoms with Crippen LogP contribution in [0, 0.1) is 11.8 Å². The summed E-state index contributed by atoms with van der Waals surface area (Å²) in [5.74, 6) is 1.52. The van der Waals surface area contributed by atoms with Crippen LogP contribution in [0.1, 0.15) is 54.4 Å². The van der Waals surface area contributed by atoms with Crippen molar-refractivity contribution >= 4 is 11.9 Å². The van der Waals surface area contributed by atoms with E-state index < -0.39 is 0 Å². The summed E-state index contributed by atoms with van der Waals surface area (Å²) in [5.41, 5.74) is 9.91. The van der Waals surface area contributed by atoms with Crippen molar-refractivity contribution in [2.45, 2.75) is 45.4 Å². The molecule has 2 heterocycles. The highest BCUT2D eigenvalue weighted by molar-refractivity contribution is 5.94. The van der Waals surface area contributed by atoms with E-state index in [1.807, 2.05) is 4.90 Å². The molecule has 1 saturated heterocycles. The van der Waals surface area contributed by atoms with E-state index >= 15 is 0 Å². The number of amides is 1. The van der Waals surface area contributed by atoms with Crippen LogP contribution >= 0.6 is 0 Å². The molecule has 1 amide bonds. The molecule has 1 aromatic heterocycles. The van der Waals surface area contributed by atoms with Crippen LogP contribution in [0.15, 0.2) is 11.6 Å². The normalized spacial score (nSPS) is 26.5. The first-order chi connectivity index (χ1) is 11.1. The highest BCUT2D eigenvalue weighted by atomic mass is 16.2. The van der Waals surface area contributed by atoms with Crippen molar-refractivity contribution in [2.24, 2.45) is 11.8 Å². The van der Waals surface area contributed by atoms with Gasteiger partial charge in [-0.3, -0.25) is 4.79 Å². The Labute approximate surface area is 137 Å². The minimum atomic E-state index is 0.0595. The van der Waals surface area contributed by atoms with Gasteiger partial charge >= 0.3 is 0 Å². The van der Waals surface area contributed by atoms with Gasteiger partial charge in [0.2, 0.25) is 5.95 Å². The number of anilines is 1. The molecule has 0 spiro atoms. The molecular formula is C18H24N4O. The lowest BCUT2D eigenvalue weighted by molar-refractivity contribution is 0.0776. The molecule has 3 aliphatic rings. The first-order valence-electron chi connectivity index (χ1n) is 8.72. The summed E-state index contributed by atoms with van der Waals surface area (Å²) < 4.78 is 0. The van der Waals surface area contributed by atoms with Crippen molar-refractivity contribution in [3.63, 3.8) is 0 Å². The number of allylic oxidation sites excluding steroid dienone is 2. The van der Waals surface area contributed by atoms with Crippen molar-refractivity contribution in [3.8, 4) is 0 Å². The average Bonchev–Trinajstić information content (AvgIpc) is 2.96. The second-order valence-electron chi connectivity index (χ2n) is 7.28. The molecule has 2 aliphatic carbocycles. The van der Waals surface area contributed by atoms with Gasteiger partial charge in [0.05, 0.1) is 0 Å². The third kappa shape index (κ3) is 2.62. The molecule has 2 N–H and O–H groups in total. The lowest BCUT2D eigenvalue weighted by Crippen LogP contribution is -2.32. The Hall–Kier alpha value is -1.91. The van der Waals surface area contributed by atoms with Crippen molar-refractivity contribution in [1.29, 1.82) is 0 Å². The van der Waals surface area contributed by atoms with Gasteiger partial charge < -0.3 is 10.6 Å². The zero-order chi connectivity index (χ0) is 16.0. The Balaban J connectivity index is 1.60. The summed E-state index contributed by atoms with van der Waals surface area (Å²) in [7, 11) is 0. The molecule has 122 valence electrons. The van der Waals surface area contributed by atoms with Crippen LogP contribution in [0.25, 0.3) is 0 Å². The first kappa shape index (κ1) is 14.7. The molecule has 0 radical (unpaired) electrons. The van der Waals surface area contributed by atoms with Crippen LogP contribution < -0.4 is 5.73 Å². The quantitative estimate of drug-likeness (QED) is 0.808. The number of carbonyl (C=O) groups excluding carboxylic acids is 1. The predicted molar refractivity (Wildman–Crippen MR) is 89.0 cm³/mol. The number of nitrogens with two attached hydrogens (primary N) is 1. The average molecular weight is 312 g/mol. The molecule has 0 saturated carbocycles. The van der Waals surface area contributed by atoms with Crippen LogP contribution in [0.4, 0.5) is 5.95 Å². The SMILES string of the molecule is CC1=CCC2CN(C(=O)c3nc(N)nc4c3CCCC4)CC2C1. The molecule has 0 aromatic carbocycles. The first-order valence-corrected chi connectivity index (χ1v) is 8.72. The number of hydrogen-bond donors (Lipinski definition) is 1. The number of hydrogen-bond acceptors (Lipinski definition) is 4. The van der Waals surface area contributed by atoms with E-state index in [9.17, 15) is 4.79 Å². The summed E-state index contributed by atoms with van der Waals surface area (Å²) in [6.45, 7) is 3.90. The summed E-state index contributed by atoms with van der Waals surface area (Å²) >= 11 is 0. The van der Waals surface area contributed by atoms with Crippen molar-refractivity contribution in [2.75, 3.05) is 18.8 Å². The van der Waals surface area contributed by atoms with Crippen LogP contribution in [-0.2, 0) is 12.8 Å². The van der Waals surface area contributed by atoms with E-state index in [0.29, 0.717) is 17.5 Å². The van der Waals surface area contributed by atoms with Gasteiger partial charge in [-0.15, -0.1) is 0 Å². The molecule has 1 fully saturated rings. The number of aromatic nitrogens is 2. The Kier molecular flexibility index (Phi) is 3.58. The van der Waals surface area contributed by atoms with Gasteiger partial charge in [0.15, 0.2) is 0 Å². The maximum Gasteiger partial charge on any atom is 0.272 e. The minimum absolute atomic E-state index is 0.0595. The van der Waals surface area contributed by atoms with Crippen LogP contribution in [-0.4, -0.2) is 33.9 Å². The fourth-order valence-electron chi connectivity index (χ4n) is 4.39. The molecule has 1 aliphatic heterocycles. The molecule has 1 aromatic rings. The molecule has 2 unspecified atom stereocenters. The standard InChI is InChI=1S/C18H24N4O/c1-11-6-7-12-9-22(10-13(12)8-11)17(23)16-14-4-2-3-5-15(14)20-18(19)21-16/h6,12-13H,2-5,7-10H2,1H3,(H2,19,20,21). The molecule has 0 bridgehead atoms. The number of likely N-dealkylation sites (tertiary alicyclic amines) is 1. The summed E-state index contributed by atoms with van der Waals surface area (Å²) in [6, 6.07) is 0.